The van der Waals surface area contributed by atoms with Crippen molar-refractivity contribution in [3.8, 4) is 5.75 Å². The van der Waals surface area contributed by atoms with E-state index in [1.54, 1.807) is 37.8 Å². The molecule has 0 saturated carbocycles. The summed E-state index contributed by atoms with van der Waals surface area (Å²) in [5.41, 5.74) is 6.60. The van der Waals surface area contributed by atoms with Gasteiger partial charge in [0.25, 0.3) is 0 Å². The van der Waals surface area contributed by atoms with Gasteiger partial charge in [0, 0.05) is 40.5 Å². The van der Waals surface area contributed by atoms with Crippen LogP contribution in [0.25, 0.3) is 0 Å². The minimum atomic E-state index is -0.432. The Hall–Kier alpha value is -4.55. The molecule has 3 aromatic carbocycles. The van der Waals surface area contributed by atoms with Gasteiger partial charge in [-0.3, -0.25) is 4.98 Å². The first-order valence-corrected chi connectivity index (χ1v) is 12.8. The number of nitrogens with one attached hydrogen (secondary N) is 1. The number of benzene rings is 3. The molecule has 2 heterocycles. The number of ether oxygens (including phenoxy) is 1. The van der Waals surface area contributed by atoms with Crippen LogP contribution in [0.5, 0.6) is 5.75 Å². The summed E-state index contributed by atoms with van der Waals surface area (Å²) in [6, 6.07) is 26.5. The van der Waals surface area contributed by atoms with E-state index in [-0.39, 0.29) is 0 Å². The molecular weight excluding hydrogens is 511 g/mol. The van der Waals surface area contributed by atoms with Gasteiger partial charge in [0.2, 0.25) is 0 Å². The van der Waals surface area contributed by atoms with Crippen LogP contribution >= 0.6 is 11.6 Å². The first-order chi connectivity index (χ1) is 19.0. The summed E-state index contributed by atoms with van der Waals surface area (Å²) >= 11 is 5.90. The summed E-state index contributed by atoms with van der Waals surface area (Å²) < 4.78 is 20.3. The van der Waals surface area contributed by atoms with Crippen LogP contribution < -0.4 is 10.1 Å². The number of hydrogen-bond acceptors (Lipinski definition) is 5. The van der Waals surface area contributed by atoms with Gasteiger partial charge in [0.15, 0.2) is 11.6 Å². The Morgan fingerprint density at radius 1 is 0.897 bits per heavy atom. The smallest absolute Gasteiger partial charge is 0.195 e. The summed E-state index contributed by atoms with van der Waals surface area (Å²) in [5.74, 6) is 0.641. The number of pyridine rings is 2. The fraction of sp³-hybridized carbons (Fsp3) is 0.0938. The highest BCUT2D eigenvalue weighted by molar-refractivity contribution is 6.30. The number of aromatic nitrogens is 2. The molecule has 0 saturated heterocycles. The van der Waals surface area contributed by atoms with E-state index in [1.807, 2.05) is 73.7 Å². The van der Waals surface area contributed by atoms with Crippen molar-refractivity contribution in [2.45, 2.75) is 13.3 Å². The highest BCUT2D eigenvalue weighted by Crippen LogP contribution is 2.33. The highest BCUT2D eigenvalue weighted by Gasteiger charge is 2.16. The molecular formula is C32H26ClFN4O. The second-order valence-electron chi connectivity index (χ2n) is 8.92. The Balaban J connectivity index is 1.51. The molecule has 5 nitrogen and oxygen atoms in total. The number of methoxy groups -OCH3 is 1. The molecule has 0 aliphatic carbocycles. The van der Waals surface area contributed by atoms with E-state index >= 15 is 0 Å². The van der Waals surface area contributed by atoms with Crippen molar-refractivity contribution < 1.29 is 9.13 Å². The van der Waals surface area contributed by atoms with E-state index in [0.29, 0.717) is 34.4 Å². The molecule has 194 valence electrons. The van der Waals surface area contributed by atoms with Crippen molar-refractivity contribution in [3.63, 3.8) is 0 Å². The van der Waals surface area contributed by atoms with E-state index in [9.17, 15) is 4.39 Å². The monoisotopic (exact) mass is 536 g/mol. The average molecular weight is 537 g/mol. The van der Waals surface area contributed by atoms with Gasteiger partial charge in [-0.15, -0.1) is 0 Å². The van der Waals surface area contributed by atoms with Gasteiger partial charge >= 0.3 is 0 Å². The normalized spacial score (nSPS) is 10.7. The second-order valence-corrected chi connectivity index (χ2v) is 9.35. The van der Waals surface area contributed by atoms with Gasteiger partial charge in [-0.05, 0) is 42.3 Å². The van der Waals surface area contributed by atoms with Crippen LogP contribution in [0.2, 0.25) is 5.02 Å². The first-order valence-electron chi connectivity index (χ1n) is 12.4. The predicted molar refractivity (Wildman–Crippen MR) is 155 cm³/mol. The van der Waals surface area contributed by atoms with Crippen LogP contribution in [0.1, 0.15) is 27.8 Å². The maximum atomic E-state index is 14.4. The van der Waals surface area contributed by atoms with Crippen molar-refractivity contribution in [1.29, 1.82) is 0 Å². The molecule has 0 spiro atoms. The lowest BCUT2D eigenvalue weighted by Gasteiger charge is -2.16. The molecule has 39 heavy (non-hydrogen) atoms. The highest BCUT2D eigenvalue weighted by atomic mass is 35.5. The van der Waals surface area contributed by atoms with Crippen LogP contribution in [0.4, 0.5) is 21.6 Å². The van der Waals surface area contributed by atoms with Crippen LogP contribution in [0.3, 0.4) is 0 Å². The lowest BCUT2D eigenvalue weighted by atomic mass is 10.0. The van der Waals surface area contributed by atoms with E-state index in [2.05, 4.69) is 15.3 Å². The van der Waals surface area contributed by atoms with E-state index in [1.165, 1.54) is 6.07 Å². The lowest BCUT2D eigenvalue weighted by molar-refractivity contribution is 0.410. The molecule has 0 bridgehead atoms. The Morgan fingerprint density at radius 3 is 2.23 bits per heavy atom. The molecule has 0 radical (unpaired) electrons. The molecule has 2 aromatic heterocycles. The zero-order chi connectivity index (χ0) is 27.2. The SMILES string of the molecule is COc1c(Cc2cncc(Nc3ccc(Cl)cc3F)c2C)ccnc1N=C(c1ccccc1)c1ccccc1. The van der Waals surface area contributed by atoms with Gasteiger partial charge in [0.1, 0.15) is 5.82 Å². The van der Waals surface area contributed by atoms with E-state index in [4.69, 9.17) is 21.3 Å². The lowest BCUT2D eigenvalue weighted by Crippen LogP contribution is -2.04. The number of rotatable bonds is 8. The van der Waals surface area contributed by atoms with Crippen LogP contribution in [-0.4, -0.2) is 22.8 Å². The quantitative estimate of drug-likeness (QED) is 0.204. The molecule has 0 amide bonds. The van der Waals surface area contributed by atoms with Gasteiger partial charge in [-0.25, -0.2) is 14.4 Å². The third kappa shape index (κ3) is 5.97. The zero-order valence-electron chi connectivity index (χ0n) is 21.5. The van der Waals surface area contributed by atoms with Crippen molar-refractivity contribution in [2.75, 3.05) is 12.4 Å². The minimum absolute atomic E-state index is 0.328. The minimum Gasteiger partial charge on any atom is -0.492 e. The number of halogens is 2. The van der Waals surface area contributed by atoms with E-state index in [0.717, 1.165) is 33.5 Å². The molecule has 0 aliphatic rings. The Morgan fingerprint density at radius 2 is 1.59 bits per heavy atom. The fourth-order valence-corrected chi connectivity index (χ4v) is 4.48. The molecule has 7 heteroatoms. The summed E-state index contributed by atoms with van der Waals surface area (Å²) in [7, 11) is 1.62. The largest absolute Gasteiger partial charge is 0.492 e. The number of anilines is 2. The third-order valence-electron chi connectivity index (χ3n) is 6.38. The van der Waals surface area contributed by atoms with Crippen LogP contribution in [0.15, 0.2) is 109 Å². The van der Waals surface area contributed by atoms with Crippen molar-refractivity contribution in [2.24, 2.45) is 4.99 Å². The molecule has 0 aliphatic heterocycles. The first kappa shape index (κ1) is 26.1. The average Bonchev–Trinajstić information content (AvgIpc) is 2.96. The zero-order valence-corrected chi connectivity index (χ0v) is 22.3. The number of aliphatic imine (C=N–C) groups is 1. The number of nitrogens with zero attached hydrogens (tertiary/aromatic N) is 3. The standard InChI is InChI=1S/C32H26ClFN4O/c1-21-25(19-35-20-29(21)37-28-14-13-26(33)18-27(28)34)17-24-15-16-36-32(31(24)39-2)38-30(22-9-5-3-6-10-22)23-11-7-4-8-12-23/h3-16,18-20,37H,17H2,1-2H3. The van der Waals surface area contributed by atoms with Crippen LogP contribution in [-0.2, 0) is 6.42 Å². The maximum Gasteiger partial charge on any atom is 0.195 e. The summed E-state index contributed by atoms with van der Waals surface area (Å²) in [5, 5.41) is 3.48. The van der Waals surface area contributed by atoms with Crippen molar-refractivity contribution in [3.05, 3.63) is 142 Å². The van der Waals surface area contributed by atoms with Gasteiger partial charge < -0.3 is 10.1 Å². The number of hydrogen-bond donors (Lipinski definition) is 1. The fourth-order valence-electron chi connectivity index (χ4n) is 4.32. The molecule has 0 unspecified atom stereocenters. The van der Waals surface area contributed by atoms with Crippen LogP contribution in [0, 0.1) is 12.7 Å². The van der Waals surface area contributed by atoms with Crippen molar-refractivity contribution in [1.82, 2.24) is 9.97 Å². The summed E-state index contributed by atoms with van der Waals surface area (Å²) in [6.45, 7) is 1.98. The van der Waals surface area contributed by atoms with Crippen molar-refractivity contribution >= 4 is 34.5 Å². The predicted octanol–water partition coefficient (Wildman–Crippen LogP) is 8.09. The molecule has 5 aromatic rings. The maximum absolute atomic E-state index is 14.4. The Kier molecular flexibility index (Phi) is 7.94. The molecule has 1 N–H and O–H groups in total. The Labute approximate surface area is 232 Å². The molecule has 0 atom stereocenters. The van der Waals surface area contributed by atoms with Gasteiger partial charge in [-0.2, -0.15) is 0 Å². The second kappa shape index (κ2) is 11.9. The summed E-state index contributed by atoms with van der Waals surface area (Å²) in [6.07, 6.45) is 5.75. The topological polar surface area (TPSA) is 59.4 Å². The van der Waals surface area contributed by atoms with E-state index < -0.39 is 5.82 Å². The summed E-state index contributed by atoms with van der Waals surface area (Å²) in [4.78, 5) is 13.9. The molecule has 5 rings (SSSR count). The third-order valence-corrected chi connectivity index (χ3v) is 6.62. The Bertz CT molecular complexity index is 1580. The van der Waals surface area contributed by atoms with Gasteiger partial charge in [-0.1, -0.05) is 72.3 Å². The van der Waals surface area contributed by atoms with Gasteiger partial charge in [0.05, 0.1) is 30.4 Å². The molecule has 0 fully saturated rings.